The van der Waals surface area contributed by atoms with Crippen molar-refractivity contribution >= 4 is 42.1 Å². The van der Waals surface area contributed by atoms with Gasteiger partial charge < -0.3 is 29.7 Å². The van der Waals surface area contributed by atoms with E-state index in [0.717, 1.165) is 0 Å². The Kier molecular flexibility index (Phi) is 10.4. The zero-order chi connectivity index (χ0) is 31.1. The van der Waals surface area contributed by atoms with Crippen molar-refractivity contribution in [3.63, 3.8) is 0 Å². The van der Waals surface area contributed by atoms with Crippen molar-refractivity contribution in [2.45, 2.75) is 62.5 Å². The maximum absolute atomic E-state index is 13.1. The van der Waals surface area contributed by atoms with Crippen LogP contribution >= 0.6 is 12.6 Å². The lowest BCUT2D eigenvalue weighted by Crippen LogP contribution is -2.49. The zero-order valence-electron chi connectivity index (χ0n) is 22.9. The molecule has 3 amide bonds. The number of amides is 3. The number of nitro benzene ring substituents is 2. The predicted octanol–water partition coefficient (Wildman–Crippen LogP) is 3.14. The first-order chi connectivity index (χ1) is 20.5. The maximum Gasteiger partial charge on any atom is 0.410 e. The third-order valence-electron chi connectivity index (χ3n) is 7.27. The maximum atomic E-state index is 13.1. The molecule has 0 aromatic heterocycles. The van der Waals surface area contributed by atoms with E-state index in [1.807, 2.05) is 0 Å². The molecular formula is C27H31N5O10S. The second kappa shape index (κ2) is 14.2. The number of hydrogen-bond acceptors (Lipinski definition) is 11. The van der Waals surface area contributed by atoms with Crippen molar-refractivity contribution in [2.75, 3.05) is 13.1 Å². The van der Waals surface area contributed by atoms with E-state index in [1.54, 1.807) is 0 Å². The Morgan fingerprint density at radius 3 is 2.07 bits per heavy atom. The van der Waals surface area contributed by atoms with Gasteiger partial charge in [-0.25, -0.2) is 9.59 Å². The van der Waals surface area contributed by atoms with Crippen LogP contribution in [0.25, 0.3) is 0 Å². The standard InChI is InChI=1S/C27H31N5O10S/c33-23(22-12-21(43)14-30(22)27(36)42-16-18-5-9-20(10-6-18)32(39)40)13-25(34)29-11-1-2-24(29)28-26(35)41-15-17-3-7-19(8-4-17)31(37)38/h3-10,21-24,33,43H,1-2,11-16H2,(H,28,35)/t21-,22-,23?,24?/m0/s1. The molecule has 0 bridgehead atoms. The highest BCUT2D eigenvalue weighted by Gasteiger charge is 2.41. The van der Waals surface area contributed by atoms with Crippen LogP contribution in [-0.2, 0) is 27.5 Å². The minimum Gasteiger partial charge on any atom is -0.445 e. The Morgan fingerprint density at radius 1 is 0.953 bits per heavy atom. The summed E-state index contributed by atoms with van der Waals surface area (Å²) in [6.45, 7) is 0.311. The molecule has 16 heteroatoms. The van der Waals surface area contributed by atoms with Crippen molar-refractivity contribution in [2.24, 2.45) is 0 Å². The lowest BCUT2D eigenvalue weighted by Gasteiger charge is -2.30. The van der Waals surface area contributed by atoms with Gasteiger partial charge in [0.1, 0.15) is 19.4 Å². The number of non-ortho nitro benzene ring substituents is 2. The number of rotatable bonds is 10. The lowest BCUT2D eigenvalue weighted by atomic mass is 10.0. The molecule has 43 heavy (non-hydrogen) atoms. The first-order valence-electron chi connectivity index (χ1n) is 13.5. The van der Waals surface area contributed by atoms with Gasteiger partial charge in [-0.3, -0.25) is 25.0 Å². The number of carbonyl (C=O) groups is 3. The molecule has 0 aliphatic carbocycles. The van der Waals surface area contributed by atoms with Gasteiger partial charge in [-0.2, -0.15) is 12.6 Å². The van der Waals surface area contributed by atoms with E-state index in [2.05, 4.69) is 17.9 Å². The van der Waals surface area contributed by atoms with Gasteiger partial charge in [0.2, 0.25) is 5.91 Å². The molecule has 4 rings (SSSR count). The number of alkyl carbamates (subject to hydrolysis) is 1. The van der Waals surface area contributed by atoms with Gasteiger partial charge in [0, 0.05) is 42.6 Å². The normalized spacial score (nSPS) is 20.4. The van der Waals surface area contributed by atoms with Crippen molar-refractivity contribution in [3.05, 3.63) is 79.9 Å². The number of ether oxygens (including phenoxy) is 2. The fourth-order valence-corrected chi connectivity index (χ4v) is 5.44. The first-order valence-corrected chi connectivity index (χ1v) is 14.0. The summed E-state index contributed by atoms with van der Waals surface area (Å²) in [5.41, 5.74) is 0.931. The molecule has 2 N–H and O–H groups in total. The minimum absolute atomic E-state index is 0.0831. The van der Waals surface area contributed by atoms with Gasteiger partial charge in [-0.15, -0.1) is 0 Å². The number of thiol groups is 1. The van der Waals surface area contributed by atoms with Gasteiger partial charge in [0.15, 0.2) is 0 Å². The molecule has 2 fully saturated rings. The number of aliphatic hydroxyl groups is 1. The molecule has 15 nitrogen and oxygen atoms in total. The van der Waals surface area contributed by atoms with E-state index in [9.17, 15) is 39.7 Å². The molecule has 2 aromatic carbocycles. The Labute approximate surface area is 251 Å². The summed E-state index contributed by atoms with van der Waals surface area (Å²) in [5.74, 6) is -0.410. The molecule has 0 radical (unpaired) electrons. The first kappa shape index (κ1) is 31.5. The van der Waals surface area contributed by atoms with E-state index in [0.29, 0.717) is 36.9 Å². The molecule has 2 heterocycles. The van der Waals surface area contributed by atoms with Gasteiger partial charge in [0.25, 0.3) is 11.4 Å². The molecule has 4 atom stereocenters. The van der Waals surface area contributed by atoms with Crippen molar-refractivity contribution in [1.82, 2.24) is 15.1 Å². The molecule has 2 aliphatic heterocycles. The Balaban J connectivity index is 1.27. The van der Waals surface area contributed by atoms with Crippen molar-refractivity contribution in [3.8, 4) is 0 Å². The Morgan fingerprint density at radius 2 is 1.51 bits per heavy atom. The van der Waals surface area contributed by atoms with E-state index in [1.165, 1.54) is 58.3 Å². The highest BCUT2D eigenvalue weighted by molar-refractivity contribution is 7.81. The second-order valence-electron chi connectivity index (χ2n) is 10.2. The highest BCUT2D eigenvalue weighted by atomic mass is 32.1. The smallest absolute Gasteiger partial charge is 0.410 e. The fraction of sp³-hybridized carbons (Fsp3) is 0.444. The van der Waals surface area contributed by atoms with Crippen LogP contribution < -0.4 is 5.32 Å². The number of nitrogens with one attached hydrogen (secondary N) is 1. The molecule has 2 aromatic rings. The average Bonchev–Trinajstić information content (AvgIpc) is 3.61. The van der Waals surface area contributed by atoms with Crippen LogP contribution in [-0.4, -0.2) is 79.5 Å². The summed E-state index contributed by atoms with van der Waals surface area (Å²) in [6, 6.07) is 10.4. The lowest BCUT2D eigenvalue weighted by molar-refractivity contribution is -0.385. The van der Waals surface area contributed by atoms with Gasteiger partial charge in [0.05, 0.1) is 28.4 Å². The van der Waals surface area contributed by atoms with E-state index < -0.39 is 46.3 Å². The Bertz CT molecular complexity index is 1340. The summed E-state index contributed by atoms with van der Waals surface area (Å²) in [7, 11) is 0. The van der Waals surface area contributed by atoms with E-state index in [4.69, 9.17) is 9.47 Å². The van der Waals surface area contributed by atoms with E-state index in [-0.39, 0.29) is 42.8 Å². The van der Waals surface area contributed by atoms with Gasteiger partial charge in [-0.05, 0) is 54.7 Å². The van der Waals surface area contributed by atoms with Gasteiger partial charge >= 0.3 is 12.2 Å². The molecule has 2 saturated heterocycles. The van der Waals surface area contributed by atoms with Crippen molar-refractivity contribution < 1.29 is 38.8 Å². The summed E-state index contributed by atoms with van der Waals surface area (Å²) in [6.07, 6.45) is -2.19. The van der Waals surface area contributed by atoms with Crippen LogP contribution in [0, 0.1) is 20.2 Å². The van der Waals surface area contributed by atoms with E-state index >= 15 is 0 Å². The summed E-state index contributed by atoms with van der Waals surface area (Å²) >= 11 is 4.45. The number of carbonyl (C=O) groups excluding carboxylic acids is 3. The minimum atomic E-state index is -1.22. The molecule has 0 spiro atoms. The van der Waals surface area contributed by atoms with Crippen molar-refractivity contribution in [1.29, 1.82) is 0 Å². The van der Waals surface area contributed by atoms with Gasteiger partial charge in [-0.1, -0.05) is 0 Å². The highest BCUT2D eigenvalue weighted by Crippen LogP contribution is 2.28. The summed E-state index contributed by atoms with van der Waals surface area (Å²) in [4.78, 5) is 61.7. The monoisotopic (exact) mass is 617 g/mol. The van der Waals surface area contributed by atoms with Crippen LogP contribution in [0.1, 0.15) is 36.8 Å². The molecule has 0 saturated carbocycles. The summed E-state index contributed by atoms with van der Waals surface area (Å²) in [5, 5.41) is 35.0. The van der Waals surface area contributed by atoms with Crippen LogP contribution in [0.2, 0.25) is 0 Å². The second-order valence-corrected chi connectivity index (χ2v) is 11.0. The molecular weight excluding hydrogens is 586 g/mol. The third-order valence-corrected chi connectivity index (χ3v) is 7.64. The quantitative estimate of drug-likeness (QED) is 0.202. The predicted molar refractivity (Wildman–Crippen MR) is 153 cm³/mol. The van der Waals surface area contributed by atoms with Crippen LogP contribution in [0.15, 0.2) is 48.5 Å². The number of nitro groups is 2. The number of hydrogen-bond donors (Lipinski definition) is 3. The average molecular weight is 618 g/mol. The third kappa shape index (κ3) is 8.32. The molecule has 2 unspecified atom stereocenters. The molecule has 2 aliphatic rings. The fourth-order valence-electron chi connectivity index (χ4n) is 5.05. The molecule has 230 valence electrons. The Hall–Kier alpha value is -4.44. The van der Waals surface area contributed by atoms with Crippen LogP contribution in [0.5, 0.6) is 0 Å². The zero-order valence-corrected chi connectivity index (χ0v) is 23.8. The number of aliphatic hydroxyl groups excluding tert-OH is 1. The number of nitrogens with zero attached hydrogens (tertiary/aromatic N) is 4. The SMILES string of the molecule is O=C(NC1CCCN1C(=O)CC(O)[C@@H]1C[C@H](S)CN1C(=O)OCc1ccc([N+](=O)[O-])cc1)OCc1ccc([N+](=O)[O-])cc1. The van der Waals surface area contributed by atoms with Crippen LogP contribution in [0.4, 0.5) is 21.0 Å². The topological polar surface area (TPSA) is 195 Å². The number of benzene rings is 2. The summed E-state index contributed by atoms with van der Waals surface area (Å²) < 4.78 is 10.6. The van der Waals surface area contributed by atoms with Crippen LogP contribution in [0.3, 0.4) is 0 Å². The largest absolute Gasteiger partial charge is 0.445 e. The number of likely N-dealkylation sites (tertiary alicyclic amines) is 2.